The zero-order valence-electron chi connectivity index (χ0n) is 10.0. The van der Waals surface area contributed by atoms with Gasteiger partial charge in [-0.3, -0.25) is 15.1 Å². The van der Waals surface area contributed by atoms with Crippen molar-refractivity contribution in [3.63, 3.8) is 0 Å². The van der Waals surface area contributed by atoms with Gasteiger partial charge < -0.3 is 9.47 Å². The van der Waals surface area contributed by atoms with Crippen LogP contribution in [0.2, 0.25) is 0 Å². The van der Waals surface area contributed by atoms with E-state index in [0.29, 0.717) is 5.75 Å². The van der Waals surface area contributed by atoms with Gasteiger partial charge in [0.1, 0.15) is 12.1 Å². The van der Waals surface area contributed by atoms with Crippen LogP contribution < -0.4 is 9.47 Å². The van der Waals surface area contributed by atoms with Crippen molar-refractivity contribution in [1.82, 2.24) is 15.0 Å². The molecule has 0 radical (unpaired) electrons. The van der Waals surface area contributed by atoms with Crippen LogP contribution in [-0.4, -0.2) is 26.5 Å². The van der Waals surface area contributed by atoms with Gasteiger partial charge in [-0.15, -0.1) is 0 Å². The Bertz CT molecular complexity index is 576. The average Bonchev–Trinajstić information content (AvgIpc) is 2.40. The number of ether oxygens (including phenoxy) is 2. The van der Waals surface area contributed by atoms with Crippen LogP contribution in [0, 0.1) is 10.1 Å². The lowest BCUT2D eigenvalue weighted by Crippen LogP contribution is -2.03. The molecular formula is C11H10N4O4. The Labute approximate surface area is 108 Å². The molecule has 0 N–H and O–H groups in total. The smallest absolute Gasteiger partial charge is 0.392 e. The Hall–Kier alpha value is -2.77. The largest absolute Gasteiger partial charge is 0.473 e. The molecule has 0 amide bonds. The van der Waals surface area contributed by atoms with Gasteiger partial charge in [-0.25, -0.2) is 0 Å². The molecule has 0 aliphatic carbocycles. The highest BCUT2D eigenvalue weighted by atomic mass is 16.6. The van der Waals surface area contributed by atoms with E-state index in [4.69, 9.17) is 9.47 Å². The first kappa shape index (κ1) is 12.7. The maximum Gasteiger partial charge on any atom is 0.392 e. The van der Waals surface area contributed by atoms with E-state index < -0.39 is 10.6 Å². The van der Waals surface area contributed by atoms with Crippen molar-refractivity contribution in [3.8, 4) is 17.5 Å². The maximum absolute atomic E-state index is 11.1. The minimum atomic E-state index is -0.642. The highest BCUT2D eigenvalue weighted by molar-refractivity contribution is 5.50. The zero-order chi connectivity index (χ0) is 13.7. The van der Waals surface area contributed by atoms with Crippen molar-refractivity contribution in [2.24, 2.45) is 0 Å². The maximum atomic E-state index is 11.1. The van der Waals surface area contributed by atoms with Crippen LogP contribution in [0.25, 0.3) is 0 Å². The van der Waals surface area contributed by atoms with Crippen LogP contribution in [0.5, 0.6) is 17.5 Å². The highest BCUT2D eigenvalue weighted by Gasteiger charge is 2.26. The number of pyridine rings is 1. The van der Waals surface area contributed by atoms with Crippen LogP contribution in [0.4, 0.5) is 5.69 Å². The lowest BCUT2D eigenvalue weighted by molar-refractivity contribution is -0.387. The van der Waals surface area contributed by atoms with Crippen LogP contribution >= 0.6 is 0 Å². The SMILES string of the molecule is CCOc1ncnc(Oc2cccnc2)c1[N+](=O)[O-]. The van der Waals surface area contributed by atoms with Gasteiger partial charge in [0.15, 0.2) is 0 Å². The van der Waals surface area contributed by atoms with Gasteiger partial charge in [0, 0.05) is 6.20 Å². The number of nitrogens with zero attached hydrogens (tertiary/aromatic N) is 4. The van der Waals surface area contributed by atoms with Crippen LogP contribution in [0.15, 0.2) is 30.9 Å². The Morgan fingerprint density at radius 3 is 2.79 bits per heavy atom. The molecule has 0 unspecified atom stereocenters. The summed E-state index contributed by atoms with van der Waals surface area (Å²) in [7, 11) is 0. The standard InChI is InChI=1S/C11H10N4O4/c1-2-18-10-9(15(16)17)11(14-7-13-10)19-8-4-3-5-12-6-8/h3-7H,2H2,1H3. The van der Waals surface area contributed by atoms with E-state index >= 15 is 0 Å². The van der Waals surface area contributed by atoms with E-state index in [0.717, 1.165) is 6.33 Å². The fourth-order valence-electron chi connectivity index (χ4n) is 1.34. The van der Waals surface area contributed by atoms with E-state index in [-0.39, 0.29) is 18.4 Å². The molecule has 0 atom stereocenters. The summed E-state index contributed by atoms with van der Waals surface area (Å²) in [6, 6.07) is 3.25. The minimum Gasteiger partial charge on any atom is -0.473 e. The average molecular weight is 262 g/mol. The third-order valence-corrected chi connectivity index (χ3v) is 2.07. The molecule has 0 aliphatic heterocycles. The Morgan fingerprint density at radius 1 is 1.37 bits per heavy atom. The first-order valence-corrected chi connectivity index (χ1v) is 5.42. The number of hydrogen-bond acceptors (Lipinski definition) is 7. The fourth-order valence-corrected chi connectivity index (χ4v) is 1.34. The first-order valence-electron chi connectivity index (χ1n) is 5.42. The summed E-state index contributed by atoms with van der Waals surface area (Å²) in [6.45, 7) is 1.96. The summed E-state index contributed by atoms with van der Waals surface area (Å²) < 4.78 is 10.4. The third-order valence-electron chi connectivity index (χ3n) is 2.07. The molecule has 19 heavy (non-hydrogen) atoms. The minimum absolute atomic E-state index is 0.124. The van der Waals surface area contributed by atoms with Crippen molar-refractivity contribution >= 4 is 5.69 Å². The van der Waals surface area contributed by atoms with Crippen molar-refractivity contribution in [2.45, 2.75) is 6.92 Å². The number of aromatic nitrogens is 3. The predicted molar refractivity (Wildman–Crippen MR) is 64.2 cm³/mol. The number of nitro groups is 1. The second kappa shape index (κ2) is 5.71. The molecule has 2 rings (SSSR count). The van der Waals surface area contributed by atoms with Crippen molar-refractivity contribution < 1.29 is 14.4 Å². The first-order chi connectivity index (χ1) is 9.22. The Kier molecular flexibility index (Phi) is 3.81. The van der Waals surface area contributed by atoms with E-state index in [2.05, 4.69) is 15.0 Å². The number of hydrogen-bond donors (Lipinski definition) is 0. The molecule has 0 saturated heterocycles. The summed E-state index contributed by atoms with van der Waals surface area (Å²) in [4.78, 5) is 21.7. The van der Waals surface area contributed by atoms with Gasteiger partial charge in [0.05, 0.1) is 17.7 Å². The molecule has 0 bridgehead atoms. The van der Waals surface area contributed by atoms with Gasteiger partial charge >= 0.3 is 17.4 Å². The summed E-state index contributed by atoms with van der Waals surface area (Å²) >= 11 is 0. The van der Waals surface area contributed by atoms with Crippen molar-refractivity contribution in [2.75, 3.05) is 6.61 Å². The van der Waals surface area contributed by atoms with Crippen molar-refractivity contribution in [1.29, 1.82) is 0 Å². The van der Waals surface area contributed by atoms with Crippen LogP contribution in [0.3, 0.4) is 0 Å². The molecule has 0 saturated carbocycles. The second-order valence-electron chi connectivity index (χ2n) is 3.31. The van der Waals surface area contributed by atoms with Gasteiger partial charge in [-0.2, -0.15) is 9.97 Å². The normalized spacial score (nSPS) is 9.95. The Balaban J connectivity index is 2.39. The molecule has 8 nitrogen and oxygen atoms in total. The predicted octanol–water partition coefficient (Wildman–Crippen LogP) is 1.97. The van der Waals surface area contributed by atoms with Gasteiger partial charge in [0.25, 0.3) is 0 Å². The molecular weight excluding hydrogens is 252 g/mol. The lowest BCUT2D eigenvalue weighted by Gasteiger charge is -2.07. The molecule has 98 valence electrons. The lowest BCUT2D eigenvalue weighted by atomic mass is 10.4. The quantitative estimate of drug-likeness (QED) is 0.599. The molecule has 0 aliphatic rings. The molecule has 2 heterocycles. The fraction of sp³-hybridized carbons (Fsp3) is 0.182. The molecule has 2 aromatic rings. The summed E-state index contributed by atoms with van der Waals surface area (Å²) in [5.41, 5.74) is -0.409. The van der Waals surface area contributed by atoms with E-state index in [1.54, 1.807) is 25.3 Å². The molecule has 0 aromatic carbocycles. The topological polar surface area (TPSA) is 100 Å². The van der Waals surface area contributed by atoms with Crippen LogP contribution in [-0.2, 0) is 0 Å². The van der Waals surface area contributed by atoms with Crippen LogP contribution in [0.1, 0.15) is 6.92 Å². The van der Waals surface area contributed by atoms with Crippen molar-refractivity contribution in [3.05, 3.63) is 41.0 Å². The van der Waals surface area contributed by atoms with E-state index in [1.165, 1.54) is 6.20 Å². The molecule has 0 fully saturated rings. The molecule has 0 spiro atoms. The number of rotatable bonds is 5. The summed E-state index contributed by atoms with van der Waals surface area (Å²) in [5.74, 6) is 0.0320. The zero-order valence-corrected chi connectivity index (χ0v) is 10.0. The third kappa shape index (κ3) is 2.92. The highest BCUT2D eigenvalue weighted by Crippen LogP contribution is 2.34. The monoisotopic (exact) mass is 262 g/mol. The van der Waals surface area contributed by atoms with E-state index in [9.17, 15) is 10.1 Å². The molecule has 2 aromatic heterocycles. The Morgan fingerprint density at radius 2 is 2.16 bits per heavy atom. The van der Waals surface area contributed by atoms with Gasteiger partial charge in [-0.05, 0) is 19.1 Å². The van der Waals surface area contributed by atoms with E-state index in [1.807, 2.05) is 0 Å². The van der Waals surface area contributed by atoms with Gasteiger partial charge in [-0.1, -0.05) is 0 Å². The second-order valence-corrected chi connectivity index (χ2v) is 3.31. The molecule has 8 heteroatoms. The van der Waals surface area contributed by atoms with Gasteiger partial charge in [0.2, 0.25) is 0 Å². The summed E-state index contributed by atoms with van der Waals surface area (Å²) in [6.07, 6.45) is 4.13. The summed E-state index contributed by atoms with van der Waals surface area (Å²) in [5, 5.41) is 11.1.